The number of piperidine rings is 1. The zero-order valence-corrected chi connectivity index (χ0v) is 11.3. The fourth-order valence-corrected chi connectivity index (χ4v) is 2.73. The molecule has 0 spiro atoms. The van der Waals surface area contributed by atoms with Crippen molar-refractivity contribution in [2.24, 2.45) is 5.84 Å². The number of imide groups is 1. The lowest BCUT2D eigenvalue weighted by atomic mass is 10.0. The maximum Gasteiger partial charge on any atom is 0.428 e. The summed E-state index contributed by atoms with van der Waals surface area (Å²) in [7, 11) is -4.88. The van der Waals surface area contributed by atoms with Crippen molar-refractivity contribution in [2.75, 3.05) is 6.54 Å². The number of hydrazine groups is 1. The normalized spacial score (nSPS) is 25.1. The Bertz CT molecular complexity index is 591. The topological polar surface area (TPSA) is 171 Å². The fourth-order valence-electron chi connectivity index (χ4n) is 2.34. The molecule has 2 aliphatic rings. The Hall–Kier alpha value is -1.96. The van der Waals surface area contributed by atoms with Crippen molar-refractivity contribution in [1.29, 1.82) is 0 Å². The van der Waals surface area contributed by atoms with Crippen LogP contribution in [0.3, 0.4) is 0 Å². The Morgan fingerprint density at radius 1 is 1.38 bits per heavy atom. The Balaban J connectivity index is 2.17. The summed E-state index contributed by atoms with van der Waals surface area (Å²) in [6.45, 7) is -0.0434. The third kappa shape index (κ3) is 2.90. The highest BCUT2D eigenvalue weighted by atomic mass is 32.3. The minimum Gasteiger partial charge on any atom is -0.464 e. The SMILES string of the molecule is NN(C(=O)O)C(=O)C1CCC2CN1C(=O)N2OS(=O)(=O)O. The predicted molar refractivity (Wildman–Crippen MR) is 62.4 cm³/mol. The second kappa shape index (κ2) is 5.10. The van der Waals surface area contributed by atoms with E-state index in [0.29, 0.717) is 5.06 Å². The van der Waals surface area contributed by atoms with E-state index < -0.39 is 40.5 Å². The Kier molecular flexibility index (Phi) is 3.75. The Morgan fingerprint density at radius 2 is 2.00 bits per heavy atom. The summed E-state index contributed by atoms with van der Waals surface area (Å²) in [6.07, 6.45) is -1.41. The molecule has 2 saturated heterocycles. The van der Waals surface area contributed by atoms with Gasteiger partial charge in [-0.2, -0.15) is 18.5 Å². The van der Waals surface area contributed by atoms with Gasteiger partial charge in [0.05, 0.1) is 6.04 Å². The molecule has 0 aromatic carbocycles. The molecule has 2 fully saturated rings. The van der Waals surface area contributed by atoms with Crippen LogP contribution >= 0.6 is 0 Å². The molecule has 2 rings (SSSR count). The molecular weight excluding hydrogens is 312 g/mol. The third-order valence-corrected chi connectivity index (χ3v) is 3.57. The summed E-state index contributed by atoms with van der Waals surface area (Å²) in [6, 6.07) is -2.77. The quantitative estimate of drug-likeness (QED) is 0.238. The zero-order valence-electron chi connectivity index (χ0n) is 10.4. The number of hydrogen-bond acceptors (Lipinski definition) is 7. The lowest BCUT2D eigenvalue weighted by Crippen LogP contribution is -2.54. The number of hydrogen-bond donors (Lipinski definition) is 3. The summed E-state index contributed by atoms with van der Waals surface area (Å²) < 4.78 is 34.1. The van der Waals surface area contributed by atoms with E-state index in [9.17, 15) is 22.8 Å². The molecule has 0 aliphatic carbocycles. The van der Waals surface area contributed by atoms with Crippen LogP contribution in [0.25, 0.3) is 0 Å². The number of hydroxylamine groups is 2. The molecule has 2 bridgehead atoms. The number of rotatable bonds is 3. The van der Waals surface area contributed by atoms with Crippen molar-refractivity contribution in [3.8, 4) is 0 Å². The number of carbonyl (C=O) groups is 3. The molecule has 2 atom stereocenters. The molecule has 2 unspecified atom stereocenters. The van der Waals surface area contributed by atoms with Crippen LogP contribution in [-0.2, 0) is 19.5 Å². The van der Waals surface area contributed by atoms with Gasteiger partial charge in [0.1, 0.15) is 6.04 Å². The average Bonchev–Trinajstić information content (AvgIpc) is 2.61. The number of nitrogens with zero attached hydrogens (tertiary/aromatic N) is 3. The number of nitrogens with two attached hydrogens (primary N) is 1. The van der Waals surface area contributed by atoms with E-state index in [1.807, 2.05) is 0 Å². The van der Waals surface area contributed by atoms with Gasteiger partial charge in [0.25, 0.3) is 5.91 Å². The van der Waals surface area contributed by atoms with Gasteiger partial charge in [0.2, 0.25) is 0 Å². The highest BCUT2D eigenvalue weighted by molar-refractivity contribution is 7.80. The van der Waals surface area contributed by atoms with Gasteiger partial charge in [-0.05, 0) is 12.8 Å². The van der Waals surface area contributed by atoms with Crippen LogP contribution in [0.1, 0.15) is 12.8 Å². The van der Waals surface area contributed by atoms with Crippen molar-refractivity contribution in [2.45, 2.75) is 24.9 Å². The van der Waals surface area contributed by atoms with E-state index in [1.165, 1.54) is 0 Å². The van der Waals surface area contributed by atoms with E-state index >= 15 is 0 Å². The van der Waals surface area contributed by atoms with Crippen molar-refractivity contribution < 1.29 is 36.7 Å². The zero-order chi connectivity index (χ0) is 15.9. The number of carboxylic acid groups (broad SMARTS) is 1. The molecule has 13 heteroatoms. The minimum atomic E-state index is -4.88. The van der Waals surface area contributed by atoms with E-state index in [4.69, 9.17) is 15.5 Å². The lowest BCUT2D eigenvalue weighted by Gasteiger charge is -2.30. The smallest absolute Gasteiger partial charge is 0.428 e. The van der Waals surface area contributed by atoms with E-state index in [0.717, 1.165) is 4.90 Å². The van der Waals surface area contributed by atoms with Crippen molar-refractivity contribution in [3.05, 3.63) is 0 Å². The Labute approximate surface area is 118 Å². The first-order valence-corrected chi connectivity index (χ1v) is 7.06. The molecule has 12 nitrogen and oxygen atoms in total. The van der Waals surface area contributed by atoms with Crippen molar-refractivity contribution in [3.63, 3.8) is 0 Å². The van der Waals surface area contributed by atoms with Gasteiger partial charge in [-0.3, -0.25) is 9.35 Å². The molecule has 2 aliphatic heterocycles. The maximum atomic E-state index is 12.0. The molecular formula is C8H12N4O8S. The van der Waals surface area contributed by atoms with Crippen LogP contribution in [-0.4, -0.2) is 69.7 Å². The molecule has 0 radical (unpaired) electrons. The van der Waals surface area contributed by atoms with Gasteiger partial charge in [-0.25, -0.2) is 15.4 Å². The standard InChI is InChI=1S/C8H12N4O8S/c9-11(8(15)16)6(13)5-2-1-4-3-10(5)7(14)12(4)20-21(17,18)19/h4-5H,1-3,9H2,(H,15,16)(H,17,18,19). The summed E-state index contributed by atoms with van der Waals surface area (Å²) in [5.41, 5.74) is 0. The van der Waals surface area contributed by atoms with Crippen LogP contribution < -0.4 is 5.84 Å². The fraction of sp³-hybridized carbons (Fsp3) is 0.625. The molecule has 21 heavy (non-hydrogen) atoms. The maximum absolute atomic E-state index is 12.0. The average molecular weight is 324 g/mol. The second-order valence-corrected chi connectivity index (χ2v) is 5.51. The lowest BCUT2D eigenvalue weighted by molar-refractivity contribution is -0.134. The second-order valence-electron chi connectivity index (χ2n) is 4.50. The molecule has 0 saturated carbocycles. The summed E-state index contributed by atoms with van der Waals surface area (Å²) in [5, 5.41) is 9.06. The first-order valence-electron chi connectivity index (χ1n) is 5.70. The van der Waals surface area contributed by atoms with Gasteiger partial charge in [-0.1, -0.05) is 0 Å². The Morgan fingerprint density at radius 3 is 2.52 bits per heavy atom. The molecule has 4 amide bonds. The number of fused-ring (bicyclic) bond motifs is 2. The number of carbonyl (C=O) groups excluding carboxylic acids is 2. The van der Waals surface area contributed by atoms with E-state index in [1.54, 1.807) is 0 Å². The third-order valence-electron chi connectivity index (χ3n) is 3.23. The van der Waals surface area contributed by atoms with Gasteiger partial charge < -0.3 is 10.0 Å². The molecule has 0 aromatic rings. The molecule has 0 aromatic heterocycles. The highest BCUT2D eigenvalue weighted by Crippen LogP contribution is 2.31. The van der Waals surface area contributed by atoms with Gasteiger partial charge in [0, 0.05) is 6.54 Å². The van der Waals surface area contributed by atoms with E-state index in [-0.39, 0.29) is 24.4 Å². The van der Waals surface area contributed by atoms with Gasteiger partial charge >= 0.3 is 22.5 Å². The van der Waals surface area contributed by atoms with Crippen molar-refractivity contribution in [1.82, 2.24) is 15.0 Å². The molecule has 4 N–H and O–H groups in total. The number of amides is 4. The van der Waals surface area contributed by atoms with Gasteiger partial charge in [0.15, 0.2) is 0 Å². The minimum absolute atomic E-state index is 0.0371. The first-order chi connectivity index (χ1) is 9.61. The van der Waals surface area contributed by atoms with Crippen LogP contribution in [0.4, 0.5) is 9.59 Å². The van der Waals surface area contributed by atoms with Crippen LogP contribution in [0.15, 0.2) is 0 Å². The molecule has 118 valence electrons. The molecule has 2 heterocycles. The monoisotopic (exact) mass is 324 g/mol. The number of urea groups is 1. The highest BCUT2D eigenvalue weighted by Gasteiger charge is 2.50. The summed E-state index contributed by atoms with van der Waals surface area (Å²) >= 11 is 0. The largest absolute Gasteiger partial charge is 0.464 e. The van der Waals surface area contributed by atoms with Crippen LogP contribution in [0.5, 0.6) is 0 Å². The summed E-state index contributed by atoms with van der Waals surface area (Å²) in [5.74, 6) is 4.06. The van der Waals surface area contributed by atoms with Crippen LogP contribution in [0, 0.1) is 0 Å². The van der Waals surface area contributed by atoms with E-state index in [2.05, 4.69) is 4.28 Å². The van der Waals surface area contributed by atoms with Gasteiger partial charge in [-0.15, -0.1) is 4.28 Å². The van der Waals surface area contributed by atoms with Crippen molar-refractivity contribution >= 4 is 28.4 Å². The first kappa shape index (κ1) is 15.4. The summed E-state index contributed by atoms with van der Waals surface area (Å²) in [4.78, 5) is 35.4. The van der Waals surface area contributed by atoms with Crippen LogP contribution in [0.2, 0.25) is 0 Å². The predicted octanol–water partition coefficient (Wildman–Crippen LogP) is -1.63.